The van der Waals surface area contributed by atoms with E-state index in [1.807, 2.05) is 6.92 Å². The highest BCUT2D eigenvalue weighted by Crippen LogP contribution is 2.05. The van der Waals surface area contributed by atoms with Crippen LogP contribution in [0.1, 0.15) is 34.6 Å². The maximum Gasteiger partial charge on any atom is 0.209 e. The number of hydrogen-bond acceptors (Lipinski definition) is 2. The lowest BCUT2D eigenvalue weighted by Gasteiger charge is -2.32. The smallest absolute Gasteiger partial charge is 0.209 e. The molecule has 1 amide bonds. The molecule has 0 aromatic heterocycles. The molecule has 0 fully saturated rings. The van der Waals surface area contributed by atoms with Crippen LogP contribution < -0.4 is 5.32 Å². The fourth-order valence-corrected chi connectivity index (χ4v) is 1.56. The van der Waals surface area contributed by atoms with Gasteiger partial charge in [-0.15, -0.1) is 0 Å². The summed E-state index contributed by atoms with van der Waals surface area (Å²) in [4.78, 5) is 12.4. The molecule has 0 bridgehead atoms. The zero-order valence-electron chi connectivity index (χ0n) is 9.42. The van der Waals surface area contributed by atoms with E-state index in [4.69, 9.17) is 0 Å². The Hall–Kier alpha value is -0.570. The molecule has 0 aromatic carbocycles. The molecule has 78 valence electrons. The Morgan fingerprint density at radius 1 is 1.46 bits per heavy atom. The molecule has 0 saturated carbocycles. The Morgan fingerprint density at radius 3 is 2.31 bits per heavy atom. The van der Waals surface area contributed by atoms with E-state index in [1.54, 1.807) is 4.90 Å². The maximum atomic E-state index is 10.6. The number of likely N-dealkylation sites (N-methyl/N-ethyl adjacent to an activating group) is 1. The minimum Gasteiger partial charge on any atom is -0.344 e. The third-order valence-electron chi connectivity index (χ3n) is 1.83. The summed E-state index contributed by atoms with van der Waals surface area (Å²) in [6.07, 6.45) is 0.907. The van der Waals surface area contributed by atoms with Crippen molar-refractivity contribution in [3.63, 3.8) is 0 Å². The predicted octanol–water partition coefficient (Wildman–Crippen LogP) is 1.24. The second kappa shape index (κ2) is 5.22. The molecule has 0 atom stereocenters. The van der Waals surface area contributed by atoms with Gasteiger partial charge in [0.2, 0.25) is 6.41 Å². The number of carbonyl (C=O) groups is 1. The number of carbonyl (C=O) groups excluding carboxylic acids is 1. The van der Waals surface area contributed by atoms with Gasteiger partial charge in [0.1, 0.15) is 0 Å². The van der Waals surface area contributed by atoms with Gasteiger partial charge >= 0.3 is 0 Å². The molecule has 0 spiro atoms. The second-order valence-corrected chi connectivity index (χ2v) is 4.35. The number of nitrogens with zero attached hydrogens (tertiary/aromatic N) is 1. The highest BCUT2D eigenvalue weighted by atomic mass is 16.1. The van der Waals surface area contributed by atoms with Crippen LogP contribution in [0.5, 0.6) is 0 Å². The van der Waals surface area contributed by atoms with Crippen molar-refractivity contribution in [2.45, 2.75) is 46.2 Å². The Labute approximate surface area is 81.5 Å². The molecule has 3 nitrogen and oxygen atoms in total. The first-order valence-corrected chi connectivity index (χ1v) is 4.88. The van der Waals surface area contributed by atoms with Crippen molar-refractivity contribution in [3.8, 4) is 0 Å². The summed E-state index contributed by atoms with van der Waals surface area (Å²) in [5, 5.41) is 3.42. The summed E-state index contributed by atoms with van der Waals surface area (Å²) in [6.45, 7) is 12.0. The molecule has 3 heteroatoms. The lowest BCUT2D eigenvalue weighted by Crippen LogP contribution is -2.51. The van der Waals surface area contributed by atoms with Crippen LogP contribution in [0.4, 0.5) is 0 Å². The van der Waals surface area contributed by atoms with Gasteiger partial charge in [0.15, 0.2) is 0 Å². The fourth-order valence-electron chi connectivity index (χ4n) is 1.56. The van der Waals surface area contributed by atoms with Gasteiger partial charge in [0.25, 0.3) is 0 Å². The van der Waals surface area contributed by atoms with Crippen LogP contribution in [-0.4, -0.2) is 36.0 Å². The van der Waals surface area contributed by atoms with Crippen LogP contribution in [-0.2, 0) is 4.79 Å². The molecule has 0 aliphatic heterocycles. The zero-order chi connectivity index (χ0) is 10.5. The normalized spacial score (nSPS) is 11.8. The average molecular weight is 186 g/mol. The number of rotatable bonds is 6. The third kappa shape index (κ3) is 5.64. The molecule has 1 N–H and O–H groups in total. The van der Waals surface area contributed by atoms with E-state index in [9.17, 15) is 4.79 Å². The van der Waals surface area contributed by atoms with Crippen molar-refractivity contribution in [3.05, 3.63) is 0 Å². The van der Waals surface area contributed by atoms with Gasteiger partial charge in [0.05, 0.1) is 0 Å². The Balaban J connectivity index is 4.05. The Kier molecular flexibility index (Phi) is 4.99. The average Bonchev–Trinajstić information content (AvgIpc) is 1.97. The van der Waals surface area contributed by atoms with Gasteiger partial charge < -0.3 is 10.2 Å². The van der Waals surface area contributed by atoms with Gasteiger partial charge in [-0.2, -0.15) is 0 Å². The van der Waals surface area contributed by atoms with E-state index < -0.39 is 0 Å². The third-order valence-corrected chi connectivity index (χ3v) is 1.83. The van der Waals surface area contributed by atoms with Gasteiger partial charge in [-0.25, -0.2) is 0 Å². The molecule has 0 unspecified atom stereocenters. The predicted molar refractivity (Wildman–Crippen MR) is 55.7 cm³/mol. The van der Waals surface area contributed by atoms with E-state index in [0.29, 0.717) is 6.04 Å². The van der Waals surface area contributed by atoms with Crippen LogP contribution in [0.15, 0.2) is 0 Å². The van der Waals surface area contributed by atoms with E-state index in [-0.39, 0.29) is 5.54 Å². The molecule has 0 aliphatic carbocycles. The summed E-state index contributed by atoms with van der Waals surface area (Å²) >= 11 is 0. The van der Waals surface area contributed by atoms with Gasteiger partial charge in [0, 0.05) is 24.7 Å². The van der Waals surface area contributed by atoms with Crippen molar-refractivity contribution in [2.24, 2.45) is 0 Å². The highest BCUT2D eigenvalue weighted by molar-refractivity contribution is 5.47. The monoisotopic (exact) mass is 186 g/mol. The first-order valence-electron chi connectivity index (χ1n) is 4.88. The van der Waals surface area contributed by atoms with Crippen molar-refractivity contribution in [2.75, 3.05) is 13.1 Å². The molecule has 0 aliphatic rings. The fraction of sp³-hybridized carbons (Fsp3) is 0.900. The molecule has 0 heterocycles. The van der Waals surface area contributed by atoms with Crippen LogP contribution in [0.25, 0.3) is 0 Å². The second-order valence-electron chi connectivity index (χ2n) is 4.35. The van der Waals surface area contributed by atoms with Gasteiger partial charge in [-0.1, -0.05) is 13.8 Å². The first-order chi connectivity index (χ1) is 5.91. The SMILES string of the molecule is CCN(C=O)CC(C)(C)NC(C)C. The van der Waals surface area contributed by atoms with Crippen molar-refractivity contribution in [1.82, 2.24) is 10.2 Å². The number of nitrogens with one attached hydrogen (secondary N) is 1. The Bertz CT molecular complexity index is 155. The summed E-state index contributed by atoms with van der Waals surface area (Å²) in [7, 11) is 0. The molecule has 0 aromatic rings. The summed E-state index contributed by atoms with van der Waals surface area (Å²) < 4.78 is 0. The minimum atomic E-state index is -0.00884. The van der Waals surface area contributed by atoms with E-state index in [2.05, 4.69) is 33.0 Å². The lowest BCUT2D eigenvalue weighted by atomic mass is 10.0. The molecule has 0 rings (SSSR count). The van der Waals surface area contributed by atoms with Crippen LogP contribution >= 0.6 is 0 Å². The zero-order valence-corrected chi connectivity index (χ0v) is 9.42. The van der Waals surface area contributed by atoms with Crippen LogP contribution in [0, 0.1) is 0 Å². The lowest BCUT2D eigenvalue weighted by molar-refractivity contribution is -0.118. The highest BCUT2D eigenvalue weighted by Gasteiger charge is 2.20. The molecular weight excluding hydrogens is 164 g/mol. The van der Waals surface area contributed by atoms with Crippen molar-refractivity contribution in [1.29, 1.82) is 0 Å². The number of hydrogen-bond donors (Lipinski definition) is 1. The summed E-state index contributed by atoms with van der Waals surface area (Å²) in [5.74, 6) is 0. The first kappa shape index (κ1) is 12.4. The Morgan fingerprint density at radius 2 is 2.00 bits per heavy atom. The van der Waals surface area contributed by atoms with Crippen molar-refractivity contribution >= 4 is 6.41 Å². The summed E-state index contributed by atoms with van der Waals surface area (Å²) in [6, 6.07) is 0.445. The largest absolute Gasteiger partial charge is 0.344 e. The van der Waals surface area contributed by atoms with Crippen molar-refractivity contribution < 1.29 is 4.79 Å². The maximum absolute atomic E-state index is 10.6. The quantitative estimate of drug-likeness (QED) is 0.633. The summed E-state index contributed by atoms with van der Waals surface area (Å²) in [5.41, 5.74) is -0.00884. The molecule has 0 radical (unpaired) electrons. The molecular formula is C10H22N2O. The van der Waals surface area contributed by atoms with E-state index in [1.165, 1.54) is 0 Å². The topological polar surface area (TPSA) is 32.3 Å². The molecule has 0 saturated heterocycles. The van der Waals surface area contributed by atoms with Crippen LogP contribution in [0.3, 0.4) is 0 Å². The molecule has 13 heavy (non-hydrogen) atoms. The van der Waals surface area contributed by atoms with E-state index in [0.717, 1.165) is 19.5 Å². The number of amides is 1. The van der Waals surface area contributed by atoms with Crippen LogP contribution in [0.2, 0.25) is 0 Å². The standard InChI is InChI=1S/C10H22N2O/c1-6-12(8-13)7-10(4,5)11-9(2)3/h8-9,11H,6-7H2,1-5H3. The van der Waals surface area contributed by atoms with Gasteiger partial charge in [-0.05, 0) is 20.8 Å². The van der Waals surface area contributed by atoms with Gasteiger partial charge in [-0.3, -0.25) is 4.79 Å². The minimum absolute atomic E-state index is 0.00884. The van der Waals surface area contributed by atoms with E-state index >= 15 is 0 Å².